The Morgan fingerprint density at radius 3 is 2.62 bits per heavy atom. The van der Waals surface area contributed by atoms with Crippen molar-refractivity contribution >= 4 is 30.6 Å². The summed E-state index contributed by atoms with van der Waals surface area (Å²) in [6.45, 7) is 8.05. The Bertz CT molecular complexity index is 1340. The fourth-order valence-corrected chi connectivity index (χ4v) is 4.26. The topological polar surface area (TPSA) is 92.8 Å². The minimum Gasteiger partial charge on any atom is -0.360 e. The quantitative estimate of drug-likeness (QED) is 0.270. The molecule has 4 rings (SSSR count). The van der Waals surface area contributed by atoms with Crippen molar-refractivity contribution in [2.45, 2.75) is 32.4 Å². The number of nitrogens with one attached hydrogen (secondary N) is 1. The van der Waals surface area contributed by atoms with Crippen LogP contribution < -0.4 is 5.32 Å². The van der Waals surface area contributed by atoms with Gasteiger partial charge in [0, 0.05) is 49.3 Å². The maximum absolute atomic E-state index is 12.7. The Morgan fingerprint density at radius 1 is 1.15 bits per heavy atom. The Hall–Kier alpha value is -3.80. The van der Waals surface area contributed by atoms with Crippen LogP contribution in [0.15, 0.2) is 67.0 Å². The molecule has 34 heavy (non-hydrogen) atoms. The molecule has 8 heteroatoms. The molecule has 1 amide bonds. The van der Waals surface area contributed by atoms with Crippen molar-refractivity contribution in [1.29, 1.82) is 5.26 Å². The van der Waals surface area contributed by atoms with Gasteiger partial charge in [0.25, 0.3) is 5.91 Å². The largest absolute Gasteiger partial charge is 0.360 e. The van der Waals surface area contributed by atoms with Gasteiger partial charge in [-0.2, -0.15) is 10.4 Å². The summed E-state index contributed by atoms with van der Waals surface area (Å²) in [6, 6.07) is 19.3. The lowest BCUT2D eigenvalue weighted by atomic mass is 10.1. The second kappa shape index (κ2) is 9.99. The predicted octanol–water partition coefficient (Wildman–Crippen LogP) is 5.53. The Labute approximate surface area is 200 Å². The minimum atomic E-state index is -1.17. The van der Waals surface area contributed by atoms with Crippen LogP contribution >= 0.6 is 0 Å². The monoisotopic (exact) mass is 469 g/mol. The molecule has 0 fully saturated rings. The molecule has 0 saturated heterocycles. The summed E-state index contributed by atoms with van der Waals surface area (Å²) < 4.78 is 7.81. The van der Waals surface area contributed by atoms with E-state index in [1.165, 1.54) is 0 Å². The second-order valence-corrected chi connectivity index (χ2v) is 14.9. The molecule has 7 nitrogen and oxygen atoms in total. The Morgan fingerprint density at radius 2 is 1.94 bits per heavy atom. The van der Waals surface area contributed by atoms with Gasteiger partial charge in [0.15, 0.2) is 0 Å². The van der Waals surface area contributed by atoms with Crippen LogP contribution in [0.5, 0.6) is 0 Å². The molecule has 2 aromatic carbocycles. The number of carbonyl (C=O) groups excluding carboxylic acids is 1. The van der Waals surface area contributed by atoms with Crippen molar-refractivity contribution in [2.75, 3.05) is 11.9 Å². The van der Waals surface area contributed by atoms with Gasteiger partial charge in [-0.1, -0.05) is 19.6 Å². The van der Waals surface area contributed by atoms with Crippen LogP contribution in [0.1, 0.15) is 15.9 Å². The lowest BCUT2D eigenvalue weighted by molar-refractivity contribution is 0.0818. The number of hydrogen-bond acceptors (Lipinski definition) is 5. The van der Waals surface area contributed by atoms with Crippen LogP contribution in [0.2, 0.25) is 25.7 Å². The number of ether oxygens (including phenoxy) is 1. The van der Waals surface area contributed by atoms with Crippen molar-refractivity contribution < 1.29 is 9.53 Å². The molecule has 0 spiro atoms. The zero-order chi connectivity index (χ0) is 24.1. The zero-order valence-corrected chi connectivity index (χ0v) is 20.6. The number of benzene rings is 2. The predicted molar refractivity (Wildman–Crippen MR) is 136 cm³/mol. The van der Waals surface area contributed by atoms with Gasteiger partial charge in [-0.25, -0.2) is 4.68 Å². The molecule has 0 atom stereocenters. The number of hydrogen-bond donors (Lipinski definition) is 1. The van der Waals surface area contributed by atoms with E-state index in [1.54, 1.807) is 36.7 Å². The summed E-state index contributed by atoms with van der Waals surface area (Å²) in [6.07, 6.45) is 3.51. The Balaban J connectivity index is 1.61. The molecule has 1 N–H and O–H groups in total. The molecule has 0 aliphatic heterocycles. The Kier molecular flexibility index (Phi) is 6.87. The summed E-state index contributed by atoms with van der Waals surface area (Å²) >= 11 is 0. The van der Waals surface area contributed by atoms with Crippen LogP contribution in [0, 0.1) is 11.3 Å². The molecule has 2 heterocycles. The van der Waals surface area contributed by atoms with Gasteiger partial charge in [-0.05, 0) is 60.6 Å². The molecule has 172 valence electrons. The first kappa shape index (κ1) is 23.4. The number of nitriles is 1. The average Bonchev–Trinajstić information content (AvgIpc) is 3.19. The molecule has 0 aliphatic carbocycles. The smallest absolute Gasteiger partial charge is 0.255 e. The SMILES string of the molecule is C[Si](C)(C)CCOCn1nc(-c2cccnc2)c2cc(NC(=O)c3ccc(C#N)cc3)ccc21. The van der Waals surface area contributed by atoms with Crippen molar-refractivity contribution in [2.24, 2.45) is 0 Å². The number of nitrogens with zero attached hydrogens (tertiary/aromatic N) is 4. The molecule has 0 aliphatic rings. The van der Waals surface area contributed by atoms with E-state index in [4.69, 9.17) is 15.1 Å². The van der Waals surface area contributed by atoms with Crippen LogP contribution in [0.25, 0.3) is 22.2 Å². The summed E-state index contributed by atoms with van der Waals surface area (Å²) in [5.74, 6) is -0.242. The van der Waals surface area contributed by atoms with E-state index in [0.717, 1.165) is 28.2 Å². The van der Waals surface area contributed by atoms with E-state index in [2.05, 4.69) is 36.0 Å². The van der Waals surface area contributed by atoms with Gasteiger partial charge in [-0.15, -0.1) is 0 Å². The van der Waals surface area contributed by atoms with E-state index < -0.39 is 8.07 Å². The number of anilines is 1. The number of rotatable bonds is 8. The van der Waals surface area contributed by atoms with Crippen molar-refractivity contribution in [3.63, 3.8) is 0 Å². The van der Waals surface area contributed by atoms with E-state index in [1.807, 2.05) is 35.0 Å². The van der Waals surface area contributed by atoms with Gasteiger partial charge >= 0.3 is 0 Å². The third-order valence-corrected chi connectivity index (χ3v) is 7.13. The fourth-order valence-electron chi connectivity index (χ4n) is 3.50. The van der Waals surface area contributed by atoms with Crippen LogP contribution in [-0.2, 0) is 11.5 Å². The molecular weight excluding hydrogens is 442 g/mol. The number of pyridine rings is 1. The molecule has 4 aromatic rings. The van der Waals surface area contributed by atoms with Gasteiger partial charge in [0.2, 0.25) is 0 Å². The lowest BCUT2D eigenvalue weighted by Gasteiger charge is -2.15. The van der Waals surface area contributed by atoms with Gasteiger partial charge in [-0.3, -0.25) is 9.78 Å². The van der Waals surface area contributed by atoms with E-state index in [9.17, 15) is 4.79 Å². The minimum absolute atomic E-state index is 0.242. The second-order valence-electron chi connectivity index (χ2n) is 9.31. The third-order valence-electron chi connectivity index (χ3n) is 5.43. The number of fused-ring (bicyclic) bond motifs is 1. The molecule has 0 bridgehead atoms. The first-order valence-corrected chi connectivity index (χ1v) is 14.8. The summed E-state index contributed by atoms with van der Waals surface area (Å²) in [5, 5.41) is 17.6. The van der Waals surface area contributed by atoms with E-state index >= 15 is 0 Å². The van der Waals surface area contributed by atoms with Crippen molar-refractivity contribution in [1.82, 2.24) is 14.8 Å². The normalized spacial score (nSPS) is 11.4. The zero-order valence-electron chi connectivity index (χ0n) is 19.6. The number of amides is 1. The van der Waals surface area contributed by atoms with Crippen LogP contribution in [0.4, 0.5) is 5.69 Å². The first-order valence-electron chi connectivity index (χ1n) is 11.1. The standard InChI is InChI=1S/C26H27N5O2Si/c1-34(2,3)14-13-33-18-31-24-11-10-22(29-26(32)20-8-6-19(16-27)7-9-20)15-23(24)25(30-31)21-5-4-12-28-17-21/h4-12,15,17H,13-14,18H2,1-3H3,(H,29,32). The van der Waals surface area contributed by atoms with Gasteiger partial charge < -0.3 is 10.1 Å². The number of aromatic nitrogens is 3. The van der Waals surface area contributed by atoms with Crippen molar-refractivity contribution in [3.8, 4) is 17.3 Å². The summed E-state index contributed by atoms with van der Waals surface area (Å²) in [4.78, 5) is 17.0. The first-order chi connectivity index (χ1) is 16.3. The molecule has 0 saturated carbocycles. The lowest BCUT2D eigenvalue weighted by Crippen LogP contribution is -2.22. The highest BCUT2D eigenvalue weighted by molar-refractivity contribution is 6.76. The van der Waals surface area contributed by atoms with Crippen molar-refractivity contribution in [3.05, 3.63) is 78.1 Å². The van der Waals surface area contributed by atoms with E-state index in [-0.39, 0.29) is 5.91 Å². The van der Waals surface area contributed by atoms with Gasteiger partial charge in [0.1, 0.15) is 12.4 Å². The number of carbonyl (C=O) groups is 1. The highest BCUT2D eigenvalue weighted by Crippen LogP contribution is 2.30. The summed E-state index contributed by atoms with van der Waals surface area (Å²) in [7, 11) is -1.17. The maximum atomic E-state index is 12.7. The molecule has 0 radical (unpaired) electrons. The van der Waals surface area contributed by atoms with Crippen LogP contribution in [-0.4, -0.2) is 35.4 Å². The third kappa shape index (κ3) is 5.57. The molecule has 2 aromatic heterocycles. The van der Waals surface area contributed by atoms with E-state index in [0.29, 0.717) is 30.2 Å². The average molecular weight is 470 g/mol. The highest BCUT2D eigenvalue weighted by Gasteiger charge is 2.16. The summed E-state index contributed by atoms with van der Waals surface area (Å²) in [5.41, 5.74) is 4.25. The molecular formula is C26H27N5O2Si. The van der Waals surface area contributed by atoms with Crippen LogP contribution in [0.3, 0.4) is 0 Å². The van der Waals surface area contributed by atoms with Gasteiger partial charge in [0.05, 0.1) is 17.1 Å². The molecule has 0 unspecified atom stereocenters. The fraction of sp³-hybridized carbons (Fsp3) is 0.231. The maximum Gasteiger partial charge on any atom is 0.255 e. The highest BCUT2D eigenvalue weighted by atomic mass is 28.3.